The fourth-order valence-corrected chi connectivity index (χ4v) is 3.49. The van der Waals surface area contributed by atoms with Gasteiger partial charge in [-0.2, -0.15) is 4.98 Å². The summed E-state index contributed by atoms with van der Waals surface area (Å²) in [7, 11) is 4.21. The van der Waals surface area contributed by atoms with Crippen molar-refractivity contribution in [2.75, 3.05) is 62.8 Å². The van der Waals surface area contributed by atoms with E-state index in [0.717, 1.165) is 63.5 Å². The lowest BCUT2D eigenvalue weighted by Gasteiger charge is -2.39. The molecule has 4 heterocycles. The van der Waals surface area contributed by atoms with Crippen molar-refractivity contribution in [1.82, 2.24) is 24.4 Å². The number of anilines is 2. The van der Waals surface area contributed by atoms with E-state index in [4.69, 9.17) is 9.72 Å². The van der Waals surface area contributed by atoms with Crippen LogP contribution in [0.1, 0.15) is 11.9 Å². The third kappa shape index (κ3) is 3.32. The Hall–Kier alpha value is -2.19. The molecule has 25 heavy (non-hydrogen) atoms. The van der Waals surface area contributed by atoms with Crippen LogP contribution in [0.2, 0.25) is 0 Å². The molecule has 4 rings (SSSR count). The van der Waals surface area contributed by atoms with Gasteiger partial charge in [0.15, 0.2) is 0 Å². The normalized spacial score (nSPS) is 22.4. The first-order chi connectivity index (χ1) is 12.2. The third-order valence-electron chi connectivity index (χ3n) is 5.05. The molecule has 0 spiro atoms. The molecule has 8 heteroatoms. The highest BCUT2D eigenvalue weighted by Gasteiger charge is 2.29. The molecule has 0 bridgehead atoms. The summed E-state index contributed by atoms with van der Waals surface area (Å²) >= 11 is 0. The summed E-state index contributed by atoms with van der Waals surface area (Å²) < 4.78 is 7.52. The van der Waals surface area contributed by atoms with Crippen LogP contribution in [0.5, 0.6) is 0 Å². The van der Waals surface area contributed by atoms with Crippen molar-refractivity contribution < 1.29 is 4.74 Å². The minimum absolute atomic E-state index is 0.260. The number of likely N-dealkylation sites (N-methyl/N-ethyl adjacent to an activating group) is 1. The summed E-state index contributed by atoms with van der Waals surface area (Å²) in [6.45, 7) is 5.99. The van der Waals surface area contributed by atoms with E-state index >= 15 is 0 Å². The van der Waals surface area contributed by atoms with Crippen LogP contribution in [0.4, 0.5) is 11.8 Å². The highest BCUT2D eigenvalue weighted by molar-refractivity contribution is 5.44. The Morgan fingerprint density at radius 3 is 2.60 bits per heavy atom. The van der Waals surface area contributed by atoms with Gasteiger partial charge in [-0.15, -0.1) is 0 Å². The molecule has 0 N–H and O–H groups in total. The SMILES string of the molecule is CN1CCN(c2ccnc(N3CCOCC3)n2)CC1c1nccn1C. The molecule has 0 amide bonds. The van der Waals surface area contributed by atoms with E-state index in [1.165, 1.54) is 0 Å². The summed E-state index contributed by atoms with van der Waals surface area (Å²) in [6, 6.07) is 2.26. The smallest absolute Gasteiger partial charge is 0.227 e. The Morgan fingerprint density at radius 2 is 1.84 bits per heavy atom. The number of aromatic nitrogens is 4. The van der Waals surface area contributed by atoms with Crippen molar-refractivity contribution in [3.05, 3.63) is 30.5 Å². The van der Waals surface area contributed by atoms with Gasteiger partial charge in [0, 0.05) is 58.4 Å². The summed E-state index contributed by atoms with van der Waals surface area (Å²) in [5.74, 6) is 2.88. The number of hydrogen-bond donors (Lipinski definition) is 0. The van der Waals surface area contributed by atoms with Crippen molar-refractivity contribution >= 4 is 11.8 Å². The van der Waals surface area contributed by atoms with Gasteiger partial charge in [0.2, 0.25) is 5.95 Å². The van der Waals surface area contributed by atoms with Crippen molar-refractivity contribution in [2.24, 2.45) is 7.05 Å². The van der Waals surface area contributed by atoms with Crippen LogP contribution < -0.4 is 9.80 Å². The minimum Gasteiger partial charge on any atom is -0.378 e. The third-order valence-corrected chi connectivity index (χ3v) is 5.05. The van der Waals surface area contributed by atoms with Crippen LogP contribution in [0, 0.1) is 0 Å². The first-order valence-corrected chi connectivity index (χ1v) is 8.80. The van der Waals surface area contributed by atoms with Gasteiger partial charge in [0.25, 0.3) is 0 Å². The molecular formula is C17H25N7O. The Kier molecular flexibility index (Phi) is 4.54. The molecule has 0 aliphatic carbocycles. The van der Waals surface area contributed by atoms with E-state index in [1.54, 1.807) is 0 Å². The van der Waals surface area contributed by atoms with Gasteiger partial charge >= 0.3 is 0 Å². The first-order valence-electron chi connectivity index (χ1n) is 8.80. The summed E-state index contributed by atoms with van der Waals surface area (Å²) in [6.07, 6.45) is 5.73. The maximum Gasteiger partial charge on any atom is 0.227 e. The quantitative estimate of drug-likeness (QED) is 0.806. The van der Waals surface area contributed by atoms with Crippen molar-refractivity contribution in [3.8, 4) is 0 Å². The van der Waals surface area contributed by atoms with E-state index in [9.17, 15) is 0 Å². The summed E-state index contributed by atoms with van der Waals surface area (Å²) in [5.41, 5.74) is 0. The Morgan fingerprint density at radius 1 is 1.00 bits per heavy atom. The average molecular weight is 343 g/mol. The number of rotatable bonds is 3. The molecule has 1 atom stereocenters. The molecule has 2 saturated heterocycles. The molecule has 0 aromatic carbocycles. The van der Waals surface area contributed by atoms with Gasteiger partial charge in [-0.25, -0.2) is 9.97 Å². The van der Waals surface area contributed by atoms with Gasteiger partial charge in [0.05, 0.1) is 19.3 Å². The van der Waals surface area contributed by atoms with Crippen molar-refractivity contribution in [3.63, 3.8) is 0 Å². The Balaban J connectivity index is 1.54. The van der Waals surface area contributed by atoms with Gasteiger partial charge in [-0.05, 0) is 13.1 Å². The number of imidazole rings is 1. The van der Waals surface area contributed by atoms with Crippen molar-refractivity contribution in [2.45, 2.75) is 6.04 Å². The lowest BCUT2D eigenvalue weighted by Crippen LogP contribution is -2.48. The van der Waals surface area contributed by atoms with E-state index in [2.05, 4.69) is 43.3 Å². The highest BCUT2D eigenvalue weighted by atomic mass is 16.5. The Bertz CT molecular complexity index is 713. The maximum absolute atomic E-state index is 5.42. The van der Waals surface area contributed by atoms with Gasteiger partial charge in [-0.3, -0.25) is 4.90 Å². The average Bonchev–Trinajstić information content (AvgIpc) is 3.09. The number of morpholine rings is 1. The zero-order chi connectivity index (χ0) is 17.2. The fourth-order valence-electron chi connectivity index (χ4n) is 3.49. The molecule has 134 valence electrons. The zero-order valence-corrected chi connectivity index (χ0v) is 14.9. The monoisotopic (exact) mass is 343 g/mol. The largest absolute Gasteiger partial charge is 0.378 e. The topological polar surface area (TPSA) is 62.6 Å². The molecule has 2 aromatic rings. The van der Waals surface area contributed by atoms with Gasteiger partial charge in [-0.1, -0.05) is 0 Å². The molecule has 2 aliphatic rings. The predicted molar refractivity (Wildman–Crippen MR) is 95.9 cm³/mol. The molecule has 2 aliphatic heterocycles. The number of nitrogens with zero attached hydrogens (tertiary/aromatic N) is 7. The van der Waals surface area contributed by atoms with Crippen LogP contribution in [0.25, 0.3) is 0 Å². The molecule has 0 radical (unpaired) electrons. The van der Waals surface area contributed by atoms with Crippen LogP contribution >= 0.6 is 0 Å². The molecule has 0 saturated carbocycles. The predicted octanol–water partition coefficient (Wildman–Crippen LogP) is 0.540. The molecule has 2 aromatic heterocycles. The number of ether oxygens (including phenoxy) is 1. The second-order valence-corrected chi connectivity index (χ2v) is 6.65. The second kappa shape index (κ2) is 6.97. The Labute approximate surface area is 148 Å². The molecule has 2 fully saturated rings. The number of piperazine rings is 1. The lowest BCUT2D eigenvalue weighted by atomic mass is 10.1. The van der Waals surface area contributed by atoms with Crippen LogP contribution in [0.15, 0.2) is 24.7 Å². The fraction of sp³-hybridized carbons (Fsp3) is 0.588. The lowest BCUT2D eigenvalue weighted by molar-refractivity contribution is 0.122. The number of hydrogen-bond acceptors (Lipinski definition) is 7. The van der Waals surface area contributed by atoms with E-state index < -0.39 is 0 Å². The van der Waals surface area contributed by atoms with Gasteiger partial charge < -0.3 is 19.1 Å². The van der Waals surface area contributed by atoms with Crippen LogP contribution in [0.3, 0.4) is 0 Å². The van der Waals surface area contributed by atoms with Crippen LogP contribution in [-0.4, -0.2) is 77.4 Å². The highest BCUT2D eigenvalue weighted by Crippen LogP contribution is 2.26. The van der Waals surface area contributed by atoms with Crippen LogP contribution in [-0.2, 0) is 11.8 Å². The van der Waals surface area contributed by atoms with E-state index in [-0.39, 0.29) is 6.04 Å². The molecular weight excluding hydrogens is 318 g/mol. The maximum atomic E-state index is 5.42. The standard InChI is InChI=1S/C17H25N7O/c1-21-7-8-24(13-14(21)16-18-5-6-22(16)2)15-3-4-19-17(20-15)23-9-11-25-12-10-23/h3-6,14H,7-13H2,1-2H3. The molecule has 8 nitrogen and oxygen atoms in total. The summed E-state index contributed by atoms with van der Waals surface area (Å²) in [4.78, 5) is 20.7. The first kappa shape index (κ1) is 16.3. The van der Waals surface area contributed by atoms with Crippen molar-refractivity contribution in [1.29, 1.82) is 0 Å². The summed E-state index contributed by atoms with van der Waals surface area (Å²) in [5, 5.41) is 0. The van der Waals surface area contributed by atoms with Gasteiger partial charge in [0.1, 0.15) is 11.6 Å². The van der Waals surface area contributed by atoms with E-state index in [1.807, 2.05) is 24.7 Å². The zero-order valence-electron chi connectivity index (χ0n) is 14.9. The molecule has 1 unspecified atom stereocenters. The number of aryl methyl sites for hydroxylation is 1. The van der Waals surface area contributed by atoms with E-state index in [0.29, 0.717) is 0 Å². The second-order valence-electron chi connectivity index (χ2n) is 6.65. The minimum atomic E-state index is 0.260.